The third kappa shape index (κ3) is 3.72. The van der Waals surface area contributed by atoms with Crippen LogP contribution < -0.4 is 10.6 Å². The highest BCUT2D eigenvalue weighted by molar-refractivity contribution is 7.22. The van der Waals surface area contributed by atoms with E-state index < -0.39 is 0 Å². The van der Waals surface area contributed by atoms with E-state index in [2.05, 4.69) is 15.6 Å². The summed E-state index contributed by atoms with van der Waals surface area (Å²) in [6.07, 6.45) is 0. The quantitative estimate of drug-likeness (QED) is 0.660. The van der Waals surface area contributed by atoms with Gasteiger partial charge in [0.2, 0.25) is 5.91 Å². The van der Waals surface area contributed by atoms with Gasteiger partial charge in [0, 0.05) is 19.2 Å². The molecular formula is C16H14ClN3O2S. The lowest BCUT2D eigenvalue weighted by Gasteiger charge is -2.04. The molecule has 3 rings (SSSR count). The number of fused-ring (bicyclic) bond motifs is 1. The number of benzene rings is 2. The second-order valence-electron chi connectivity index (χ2n) is 5.02. The molecule has 0 atom stereocenters. The number of rotatable bonds is 4. The Morgan fingerprint density at radius 3 is 2.87 bits per heavy atom. The van der Waals surface area contributed by atoms with E-state index in [1.54, 1.807) is 18.2 Å². The van der Waals surface area contributed by atoms with E-state index in [9.17, 15) is 9.90 Å². The number of aromatic hydroxyl groups is 1. The van der Waals surface area contributed by atoms with Crippen molar-refractivity contribution in [3.05, 3.63) is 47.0 Å². The van der Waals surface area contributed by atoms with Crippen molar-refractivity contribution in [1.29, 1.82) is 0 Å². The molecule has 0 spiro atoms. The molecule has 0 unspecified atom stereocenters. The molecule has 0 fully saturated rings. The van der Waals surface area contributed by atoms with Crippen molar-refractivity contribution in [1.82, 2.24) is 4.98 Å². The number of amides is 1. The van der Waals surface area contributed by atoms with Gasteiger partial charge in [-0.05, 0) is 35.9 Å². The van der Waals surface area contributed by atoms with Crippen LogP contribution in [0.25, 0.3) is 10.2 Å². The second-order valence-corrected chi connectivity index (χ2v) is 6.46. The van der Waals surface area contributed by atoms with E-state index in [-0.39, 0.29) is 11.7 Å². The Hall–Kier alpha value is -2.31. The molecule has 2 aromatic carbocycles. The number of carbonyl (C=O) groups excluding carboxylic acids is 1. The number of halogens is 1. The molecule has 0 radical (unpaired) electrons. The Kier molecular flexibility index (Phi) is 4.36. The Balaban J connectivity index is 1.75. The number of hydrogen-bond acceptors (Lipinski definition) is 5. The zero-order chi connectivity index (χ0) is 16.4. The predicted molar refractivity (Wildman–Crippen MR) is 94.4 cm³/mol. The van der Waals surface area contributed by atoms with Gasteiger partial charge in [-0.3, -0.25) is 4.79 Å². The van der Waals surface area contributed by atoms with Gasteiger partial charge in [-0.2, -0.15) is 0 Å². The van der Waals surface area contributed by atoms with Crippen LogP contribution in [0.4, 0.5) is 10.8 Å². The number of thiazole rings is 1. The number of carbonyl (C=O) groups is 1. The predicted octanol–water partition coefficient (Wildman–Crippen LogP) is 4.23. The molecule has 0 aliphatic heterocycles. The van der Waals surface area contributed by atoms with Crippen LogP contribution in [-0.2, 0) is 11.3 Å². The maximum Gasteiger partial charge on any atom is 0.221 e. The molecule has 118 valence electrons. The highest BCUT2D eigenvalue weighted by Gasteiger charge is 2.06. The second kappa shape index (κ2) is 6.44. The fourth-order valence-corrected chi connectivity index (χ4v) is 3.22. The SMILES string of the molecule is CC(=O)Nc1ccc2nc(NCc3ccc(O)c(Cl)c3)sc2c1. The zero-order valence-electron chi connectivity index (χ0n) is 12.3. The van der Waals surface area contributed by atoms with Crippen molar-refractivity contribution in [2.24, 2.45) is 0 Å². The molecule has 0 aliphatic carbocycles. The first-order chi connectivity index (χ1) is 11.0. The van der Waals surface area contributed by atoms with Crippen LogP contribution in [0.2, 0.25) is 5.02 Å². The summed E-state index contributed by atoms with van der Waals surface area (Å²) < 4.78 is 0.988. The lowest BCUT2D eigenvalue weighted by atomic mass is 10.2. The van der Waals surface area contributed by atoms with Gasteiger partial charge >= 0.3 is 0 Å². The standard InChI is InChI=1S/C16H14ClN3O2S/c1-9(21)19-11-3-4-13-15(7-11)23-16(20-13)18-8-10-2-5-14(22)12(17)6-10/h2-7,22H,8H2,1H3,(H,18,20)(H,19,21). The molecular weight excluding hydrogens is 334 g/mol. The fraction of sp³-hybridized carbons (Fsp3) is 0.125. The minimum Gasteiger partial charge on any atom is -0.506 e. The van der Waals surface area contributed by atoms with Crippen LogP contribution in [0.5, 0.6) is 5.75 Å². The summed E-state index contributed by atoms with van der Waals surface area (Å²) in [5.74, 6) is -0.0303. The molecule has 5 nitrogen and oxygen atoms in total. The normalized spacial score (nSPS) is 10.7. The smallest absolute Gasteiger partial charge is 0.221 e. The summed E-state index contributed by atoms with van der Waals surface area (Å²) in [5.41, 5.74) is 2.58. The van der Waals surface area contributed by atoms with Crippen LogP contribution in [-0.4, -0.2) is 16.0 Å². The third-order valence-electron chi connectivity index (χ3n) is 3.16. The van der Waals surface area contributed by atoms with Crippen molar-refractivity contribution in [2.75, 3.05) is 10.6 Å². The van der Waals surface area contributed by atoms with Crippen LogP contribution in [0.3, 0.4) is 0 Å². The van der Waals surface area contributed by atoms with Gasteiger partial charge in [-0.15, -0.1) is 0 Å². The van der Waals surface area contributed by atoms with Crippen molar-refractivity contribution < 1.29 is 9.90 Å². The van der Waals surface area contributed by atoms with Crippen LogP contribution in [0, 0.1) is 0 Å². The van der Waals surface area contributed by atoms with Gasteiger partial charge in [0.05, 0.1) is 15.2 Å². The van der Waals surface area contributed by atoms with E-state index in [4.69, 9.17) is 11.6 Å². The molecule has 23 heavy (non-hydrogen) atoms. The Bertz CT molecular complexity index is 879. The van der Waals surface area contributed by atoms with Crippen molar-refractivity contribution in [3.8, 4) is 5.75 Å². The molecule has 3 aromatic rings. The zero-order valence-corrected chi connectivity index (χ0v) is 13.8. The number of hydrogen-bond donors (Lipinski definition) is 3. The third-order valence-corrected chi connectivity index (χ3v) is 4.44. The number of aromatic nitrogens is 1. The molecule has 0 aliphatic rings. The largest absolute Gasteiger partial charge is 0.506 e. The van der Waals surface area contributed by atoms with E-state index in [0.29, 0.717) is 11.6 Å². The summed E-state index contributed by atoms with van der Waals surface area (Å²) in [7, 11) is 0. The molecule has 0 bridgehead atoms. The average Bonchev–Trinajstić information content (AvgIpc) is 2.90. The molecule has 7 heteroatoms. The summed E-state index contributed by atoms with van der Waals surface area (Å²) >= 11 is 7.40. The van der Waals surface area contributed by atoms with E-state index >= 15 is 0 Å². The Morgan fingerprint density at radius 1 is 1.30 bits per heavy atom. The summed E-state index contributed by atoms with van der Waals surface area (Å²) in [4.78, 5) is 15.6. The highest BCUT2D eigenvalue weighted by Crippen LogP contribution is 2.29. The van der Waals surface area contributed by atoms with E-state index in [1.807, 2.05) is 18.2 Å². The Labute approximate surface area is 141 Å². The average molecular weight is 348 g/mol. The summed E-state index contributed by atoms with van der Waals surface area (Å²) in [6, 6.07) is 10.7. The minimum absolute atomic E-state index is 0.0703. The lowest BCUT2D eigenvalue weighted by molar-refractivity contribution is -0.114. The van der Waals surface area contributed by atoms with Gasteiger partial charge < -0.3 is 15.7 Å². The number of anilines is 2. The van der Waals surface area contributed by atoms with Crippen molar-refractivity contribution >= 4 is 49.9 Å². The summed E-state index contributed by atoms with van der Waals surface area (Å²) in [5, 5.41) is 16.5. The van der Waals surface area contributed by atoms with Crippen LogP contribution in [0.1, 0.15) is 12.5 Å². The number of phenolic OH excluding ortho intramolecular Hbond substituents is 1. The minimum atomic E-state index is -0.101. The molecule has 1 heterocycles. The first-order valence-electron chi connectivity index (χ1n) is 6.91. The first kappa shape index (κ1) is 15.6. The number of nitrogens with one attached hydrogen (secondary N) is 2. The van der Waals surface area contributed by atoms with Gasteiger partial charge in [0.1, 0.15) is 5.75 Å². The van der Waals surface area contributed by atoms with Gasteiger partial charge in [-0.25, -0.2) is 4.98 Å². The Morgan fingerprint density at radius 2 is 2.13 bits per heavy atom. The van der Waals surface area contributed by atoms with E-state index in [1.165, 1.54) is 18.3 Å². The van der Waals surface area contributed by atoms with Gasteiger partial charge in [-0.1, -0.05) is 29.0 Å². The molecule has 0 saturated heterocycles. The van der Waals surface area contributed by atoms with Crippen LogP contribution in [0.15, 0.2) is 36.4 Å². The molecule has 0 saturated carbocycles. The maximum absolute atomic E-state index is 11.1. The topological polar surface area (TPSA) is 74.2 Å². The fourth-order valence-electron chi connectivity index (χ4n) is 2.12. The first-order valence-corrected chi connectivity index (χ1v) is 8.10. The number of nitrogens with zero attached hydrogens (tertiary/aromatic N) is 1. The van der Waals surface area contributed by atoms with Crippen molar-refractivity contribution in [3.63, 3.8) is 0 Å². The number of phenols is 1. The molecule has 1 amide bonds. The molecule has 1 aromatic heterocycles. The monoisotopic (exact) mass is 347 g/mol. The summed E-state index contributed by atoms with van der Waals surface area (Å²) in [6.45, 7) is 2.03. The highest BCUT2D eigenvalue weighted by atomic mass is 35.5. The van der Waals surface area contributed by atoms with Crippen LogP contribution >= 0.6 is 22.9 Å². The lowest BCUT2D eigenvalue weighted by Crippen LogP contribution is -2.05. The molecule has 3 N–H and O–H groups in total. The van der Waals surface area contributed by atoms with Gasteiger partial charge in [0.15, 0.2) is 5.13 Å². The van der Waals surface area contributed by atoms with Gasteiger partial charge in [0.25, 0.3) is 0 Å². The van der Waals surface area contributed by atoms with E-state index in [0.717, 1.165) is 26.6 Å². The maximum atomic E-state index is 11.1. The van der Waals surface area contributed by atoms with Crippen molar-refractivity contribution in [2.45, 2.75) is 13.5 Å².